The third-order valence-corrected chi connectivity index (χ3v) is 3.13. The van der Waals surface area contributed by atoms with Crippen LogP contribution in [0, 0.1) is 0 Å². The summed E-state index contributed by atoms with van der Waals surface area (Å²) >= 11 is 5.98. The Morgan fingerprint density at radius 2 is 2.30 bits per heavy atom. The van der Waals surface area contributed by atoms with E-state index in [9.17, 15) is 4.79 Å². The fourth-order valence-electron chi connectivity index (χ4n) is 1.68. The van der Waals surface area contributed by atoms with Gasteiger partial charge in [0.15, 0.2) is 0 Å². The Morgan fingerprint density at radius 3 is 2.95 bits per heavy atom. The van der Waals surface area contributed by atoms with E-state index in [2.05, 4.69) is 20.6 Å². The number of aliphatic hydroxyl groups is 1. The van der Waals surface area contributed by atoms with Gasteiger partial charge in [0.2, 0.25) is 0 Å². The van der Waals surface area contributed by atoms with Crippen molar-refractivity contribution in [2.45, 2.75) is 13.0 Å². The molecule has 2 heterocycles. The minimum absolute atomic E-state index is 0.0615. The number of aliphatic hydroxyl groups excluding tert-OH is 1. The van der Waals surface area contributed by atoms with Crippen molar-refractivity contribution in [2.75, 3.05) is 18.5 Å². The van der Waals surface area contributed by atoms with Gasteiger partial charge in [0, 0.05) is 20.0 Å². The molecule has 0 aliphatic heterocycles. The van der Waals surface area contributed by atoms with Gasteiger partial charge in [-0.15, -0.1) is 10.2 Å². The average Bonchev–Trinajstić information content (AvgIpc) is 2.84. The zero-order valence-corrected chi connectivity index (χ0v) is 11.7. The molecule has 0 radical (unpaired) electrons. The van der Waals surface area contributed by atoms with E-state index in [1.54, 1.807) is 6.33 Å². The summed E-state index contributed by atoms with van der Waals surface area (Å²) in [5.41, 5.74) is 0.0393. The maximum Gasteiger partial charge on any atom is 0.287 e. The van der Waals surface area contributed by atoms with E-state index in [-0.39, 0.29) is 18.2 Å². The molecule has 2 aromatic heterocycles. The predicted molar refractivity (Wildman–Crippen MR) is 73.8 cm³/mol. The molecular formula is C11H15ClN6O2. The summed E-state index contributed by atoms with van der Waals surface area (Å²) in [6.45, 7) is 0.511. The first-order valence-corrected chi connectivity index (χ1v) is 6.44. The number of aryl methyl sites for hydroxylation is 1. The molecule has 0 aliphatic rings. The molecule has 9 heteroatoms. The highest BCUT2D eigenvalue weighted by Gasteiger charge is 2.09. The van der Waals surface area contributed by atoms with E-state index in [0.29, 0.717) is 18.7 Å². The van der Waals surface area contributed by atoms with E-state index in [0.717, 1.165) is 10.5 Å². The van der Waals surface area contributed by atoms with E-state index in [1.165, 1.54) is 6.20 Å². The average molecular weight is 299 g/mol. The van der Waals surface area contributed by atoms with Gasteiger partial charge in [-0.1, -0.05) is 11.6 Å². The lowest BCUT2D eigenvalue weighted by Gasteiger charge is -2.09. The molecule has 0 aromatic carbocycles. The predicted octanol–water partition coefficient (Wildman–Crippen LogP) is -0.328. The van der Waals surface area contributed by atoms with Crippen LogP contribution in [0.2, 0.25) is 5.02 Å². The van der Waals surface area contributed by atoms with Crippen LogP contribution in [0.1, 0.15) is 5.82 Å². The van der Waals surface area contributed by atoms with Crippen LogP contribution in [-0.2, 0) is 20.0 Å². The van der Waals surface area contributed by atoms with Crippen LogP contribution in [0.25, 0.3) is 0 Å². The van der Waals surface area contributed by atoms with Crippen molar-refractivity contribution in [3.05, 3.63) is 33.7 Å². The second-order valence-electron chi connectivity index (χ2n) is 4.16. The molecule has 0 atom stereocenters. The number of nitrogens with zero attached hydrogens (tertiary/aromatic N) is 5. The van der Waals surface area contributed by atoms with Crippen molar-refractivity contribution >= 4 is 17.3 Å². The standard InChI is InChI=1S/C11H15ClN6O2/c1-17-7-14-16-9(17)2-3-13-8-6-15-18(4-5-19)11(20)10(8)12/h6-7,13,19H,2-5H2,1H3. The molecule has 2 aromatic rings. The summed E-state index contributed by atoms with van der Waals surface area (Å²) in [7, 11) is 1.86. The van der Waals surface area contributed by atoms with Gasteiger partial charge >= 0.3 is 0 Å². The Morgan fingerprint density at radius 1 is 1.50 bits per heavy atom. The van der Waals surface area contributed by atoms with Gasteiger partial charge in [0.05, 0.1) is 25.0 Å². The first-order valence-electron chi connectivity index (χ1n) is 6.06. The summed E-state index contributed by atoms with van der Waals surface area (Å²) in [6, 6.07) is 0. The van der Waals surface area contributed by atoms with Gasteiger partial charge in [-0.05, 0) is 0 Å². The largest absolute Gasteiger partial charge is 0.394 e. The van der Waals surface area contributed by atoms with Crippen molar-refractivity contribution in [3.8, 4) is 0 Å². The first-order chi connectivity index (χ1) is 9.63. The molecule has 8 nitrogen and oxygen atoms in total. The summed E-state index contributed by atoms with van der Waals surface area (Å²) in [6.07, 6.45) is 3.74. The monoisotopic (exact) mass is 298 g/mol. The van der Waals surface area contributed by atoms with Crippen LogP contribution in [0.5, 0.6) is 0 Å². The molecule has 0 saturated carbocycles. The van der Waals surface area contributed by atoms with E-state index < -0.39 is 5.56 Å². The van der Waals surface area contributed by atoms with E-state index in [4.69, 9.17) is 16.7 Å². The topological polar surface area (TPSA) is 97.9 Å². The summed E-state index contributed by atoms with van der Waals surface area (Å²) in [5.74, 6) is 0.829. The fraction of sp³-hybridized carbons (Fsp3) is 0.455. The van der Waals surface area contributed by atoms with Gasteiger partial charge in [-0.3, -0.25) is 4.79 Å². The SMILES string of the molecule is Cn1cnnc1CCNc1cnn(CCO)c(=O)c1Cl. The minimum atomic E-state index is -0.427. The van der Waals surface area contributed by atoms with Crippen LogP contribution < -0.4 is 10.9 Å². The number of rotatable bonds is 6. The lowest BCUT2D eigenvalue weighted by Crippen LogP contribution is -2.26. The quantitative estimate of drug-likeness (QED) is 0.758. The van der Waals surface area contributed by atoms with Gasteiger partial charge in [-0.25, -0.2) is 4.68 Å². The molecule has 0 bridgehead atoms. The number of hydrogen-bond donors (Lipinski definition) is 2. The number of hydrogen-bond acceptors (Lipinski definition) is 6. The highest BCUT2D eigenvalue weighted by molar-refractivity contribution is 6.32. The van der Waals surface area contributed by atoms with Crippen molar-refractivity contribution in [1.29, 1.82) is 0 Å². The van der Waals surface area contributed by atoms with Crippen LogP contribution >= 0.6 is 11.6 Å². The maximum atomic E-state index is 11.8. The zero-order chi connectivity index (χ0) is 14.5. The van der Waals surface area contributed by atoms with Crippen molar-refractivity contribution in [3.63, 3.8) is 0 Å². The molecule has 108 valence electrons. The number of anilines is 1. The summed E-state index contributed by atoms with van der Waals surface area (Å²) in [5, 5.41) is 23.6. The summed E-state index contributed by atoms with van der Waals surface area (Å²) in [4.78, 5) is 11.8. The first kappa shape index (κ1) is 14.5. The third-order valence-electron chi connectivity index (χ3n) is 2.77. The molecule has 20 heavy (non-hydrogen) atoms. The number of halogens is 1. The van der Waals surface area contributed by atoms with Gasteiger partial charge in [0.1, 0.15) is 17.2 Å². The highest BCUT2D eigenvalue weighted by atomic mass is 35.5. The van der Waals surface area contributed by atoms with Crippen LogP contribution in [0.3, 0.4) is 0 Å². The van der Waals surface area contributed by atoms with Crippen LogP contribution in [-0.4, -0.2) is 42.8 Å². The Labute approximate surface area is 120 Å². The Bertz CT molecular complexity index is 638. The highest BCUT2D eigenvalue weighted by Crippen LogP contribution is 2.14. The molecule has 0 amide bonds. The van der Waals surface area contributed by atoms with Gasteiger partial charge in [0.25, 0.3) is 5.56 Å². The minimum Gasteiger partial charge on any atom is -0.394 e. The van der Waals surface area contributed by atoms with Gasteiger partial charge in [-0.2, -0.15) is 5.10 Å². The Balaban J connectivity index is 2.02. The molecule has 0 spiro atoms. The maximum absolute atomic E-state index is 11.8. The van der Waals surface area contributed by atoms with Crippen LogP contribution in [0.15, 0.2) is 17.3 Å². The Hall–Kier alpha value is -1.93. The fourth-order valence-corrected chi connectivity index (χ4v) is 1.90. The molecule has 2 N–H and O–H groups in total. The molecule has 0 saturated heterocycles. The molecule has 0 aliphatic carbocycles. The Kier molecular flexibility index (Phi) is 4.70. The van der Waals surface area contributed by atoms with Crippen molar-refractivity contribution < 1.29 is 5.11 Å². The van der Waals surface area contributed by atoms with E-state index >= 15 is 0 Å². The lowest BCUT2D eigenvalue weighted by molar-refractivity contribution is 0.266. The second kappa shape index (κ2) is 6.49. The number of aromatic nitrogens is 5. The summed E-state index contributed by atoms with van der Waals surface area (Å²) < 4.78 is 2.94. The molecular weight excluding hydrogens is 284 g/mol. The van der Waals surface area contributed by atoms with Crippen LogP contribution in [0.4, 0.5) is 5.69 Å². The normalized spacial score (nSPS) is 10.8. The molecule has 0 unspecified atom stereocenters. The third kappa shape index (κ3) is 3.14. The van der Waals surface area contributed by atoms with Crippen molar-refractivity contribution in [2.24, 2.45) is 7.05 Å². The second-order valence-corrected chi connectivity index (χ2v) is 4.54. The zero-order valence-electron chi connectivity index (χ0n) is 11.0. The smallest absolute Gasteiger partial charge is 0.287 e. The molecule has 0 fully saturated rings. The van der Waals surface area contributed by atoms with Gasteiger partial charge < -0.3 is 15.0 Å². The van der Waals surface area contributed by atoms with Crippen molar-refractivity contribution in [1.82, 2.24) is 24.5 Å². The molecule has 2 rings (SSSR count). The van der Waals surface area contributed by atoms with E-state index in [1.807, 2.05) is 11.6 Å². The lowest BCUT2D eigenvalue weighted by atomic mass is 10.3. The number of nitrogens with one attached hydrogen (secondary N) is 1.